The monoisotopic (exact) mass is 221 g/mol. The van der Waals surface area contributed by atoms with Crippen molar-refractivity contribution in [1.29, 1.82) is 0 Å². The van der Waals surface area contributed by atoms with Crippen LogP contribution >= 0.6 is 0 Å². The molecule has 0 spiro atoms. The van der Waals surface area contributed by atoms with Gasteiger partial charge in [0.05, 0.1) is 12.7 Å². The van der Waals surface area contributed by atoms with Crippen molar-refractivity contribution in [3.8, 4) is 5.75 Å². The van der Waals surface area contributed by atoms with E-state index in [2.05, 4.69) is 0 Å². The Labute approximate surface area is 96.5 Å². The molecule has 2 N–H and O–H groups in total. The highest BCUT2D eigenvalue weighted by Crippen LogP contribution is 2.20. The van der Waals surface area contributed by atoms with E-state index in [0.717, 1.165) is 11.4 Å². The van der Waals surface area contributed by atoms with Crippen molar-refractivity contribution >= 4 is 5.69 Å². The molecule has 3 heteroatoms. The standard InChI is InChI=1S/C13H19NO2/c14-11-5-7-13(8-6-11)16-10-9-15-12-3-1-2-4-12/h5-8,12H,1-4,9-10,14H2. The van der Waals surface area contributed by atoms with Crippen LogP contribution in [0.15, 0.2) is 24.3 Å². The lowest BCUT2D eigenvalue weighted by Gasteiger charge is -2.11. The Hall–Kier alpha value is -1.22. The van der Waals surface area contributed by atoms with Crippen LogP contribution in [0.3, 0.4) is 0 Å². The number of hydrogen-bond acceptors (Lipinski definition) is 3. The van der Waals surface area contributed by atoms with Gasteiger partial charge in [0, 0.05) is 5.69 Å². The lowest BCUT2D eigenvalue weighted by atomic mass is 10.3. The van der Waals surface area contributed by atoms with Gasteiger partial charge in [0.1, 0.15) is 12.4 Å². The summed E-state index contributed by atoms with van der Waals surface area (Å²) in [7, 11) is 0. The Morgan fingerprint density at radius 3 is 2.44 bits per heavy atom. The molecule has 0 aliphatic heterocycles. The molecule has 1 saturated carbocycles. The number of rotatable bonds is 5. The molecule has 0 amide bonds. The van der Waals surface area contributed by atoms with Gasteiger partial charge in [-0.05, 0) is 37.1 Å². The molecule has 0 saturated heterocycles. The molecule has 1 aromatic rings. The van der Waals surface area contributed by atoms with E-state index in [-0.39, 0.29) is 0 Å². The zero-order valence-corrected chi connectivity index (χ0v) is 9.52. The normalized spacial score (nSPS) is 16.5. The van der Waals surface area contributed by atoms with Gasteiger partial charge in [-0.1, -0.05) is 12.8 Å². The summed E-state index contributed by atoms with van der Waals surface area (Å²) in [5, 5.41) is 0. The van der Waals surface area contributed by atoms with E-state index in [0.29, 0.717) is 19.3 Å². The predicted octanol–water partition coefficient (Wildman–Crippen LogP) is 2.61. The van der Waals surface area contributed by atoms with Gasteiger partial charge in [-0.25, -0.2) is 0 Å². The summed E-state index contributed by atoms with van der Waals surface area (Å²) in [5.74, 6) is 0.851. The number of benzene rings is 1. The molecule has 1 fully saturated rings. The second-order valence-electron chi connectivity index (χ2n) is 4.19. The average Bonchev–Trinajstić information content (AvgIpc) is 2.80. The lowest BCUT2D eigenvalue weighted by Crippen LogP contribution is -2.13. The molecule has 16 heavy (non-hydrogen) atoms. The summed E-state index contributed by atoms with van der Waals surface area (Å²) in [6.45, 7) is 1.29. The molecule has 0 radical (unpaired) electrons. The zero-order chi connectivity index (χ0) is 11.2. The number of nitrogen functional groups attached to an aromatic ring is 1. The minimum atomic E-state index is 0.468. The third-order valence-corrected chi connectivity index (χ3v) is 2.89. The molecular weight excluding hydrogens is 202 g/mol. The summed E-state index contributed by atoms with van der Waals surface area (Å²) in [5.41, 5.74) is 6.34. The highest BCUT2D eigenvalue weighted by atomic mass is 16.5. The Kier molecular flexibility index (Phi) is 4.05. The van der Waals surface area contributed by atoms with Gasteiger partial charge in [0.25, 0.3) is 0 Å². The Balaban J connectivity index is 1.62. The molecule has 1 aromatic carbocycles. The fraction of sp³-hybridized carbons (Fsp3) is 0.538. The Morgan fingerprint density at radius 1 is 1.06 bits per heavy atom. The molecule has 3 nitrogen and oxygen atoms in total. The van der Waals surface area contributed by atoms with E-state index in [1.807, 2.05) is 24.3 Å². The third kappa shape index (κ3) is 3.42. The first-order valence-corrected chi connectivity index (χ1v) is 5.94. The largest absolute Gasteiger partial charge is 0.491 e. The summed E-state index contributed by atoms with van der Waals surface area (Å²) >= 11 is 0. The van der Waals surface area contributed by atoms with Crippen LogP contribution in [0.5, 0.6) is 5.75 Å². The fourth-order valence-electron chi connectivity index (χ4n) is 1.99. The maximum Gasteiger partial charge on any atom is 0.119 e. The van der Waals surface area contributed by atoms with Crippen LogP contribution in [0, 0.1) is 0 Å². The SMILES string of the molecule is Nc1ccc(OCCOC2CCCC2)cc1. The van der Waals surface area contributed by atoms with Gasteiger partial charge in [-0.2, -0.15) is 0 Å². The molecule has 1 aliphatic rings. The van der Waals surface area contributed by atoms with Gasteiger partial charge in [0.2, 0.25) is 0 Å². The van der Waals surface area contributed by atoms with Crippen molar-refractivity contribution in [3.63, 3.8) is 0 Å². The summed E-state index contributed by atoms with van der Waals surface area (Å²) in [6, 6.07) is 7.44. The van der Waals surface area contributed by atoms with Crippen LogP contribution in [0.1, 0.15) is 25.7 Å². The average molecular weight is 221 g/mol. The van der Waals surface area contributed by atoms with Crippen molar-refractivity contribution in [1.82, 2.24) is 0 Å². The first-order valence-electron chi connectivity index (χ1n) is 5.94. The van der Waals surface area contributed by atoms with Crippen LogP contribution in [0.2, 0.25) is 0 Å². The van der Waals surface area contributed by atoms with E-state index in [1.54, 1.807) is 0 Å². The molecular formula is C13H19NO2. The third-order valence-electron chi connectivity index (χ3n) is 2.89. The van der Waals surface area contributed by atoms with Crippen molar-refractivity contribution in [2.24, 2.45) is 0 Å². The minimum absolute atomic E-state index is 0.468. The van der Waals surface area contributed by atoms with Crippen molar-refractivity contribution in [2.75, 3.05) is 18.9 Å². The number of hydrogen-bond donors (Lipinski definition) is 1. The van der Waals surface area contributed by atoms with Crippen LogP contribution < -0.4 is 10.5 Å². The van der Waals surface area contributed by atoms with Gasteiger partial charge in [0.15, 0.2) is 0 Å². The smallest absolute Gasteiger partial charge is 0.119 e. The van der Waals surface area contributed by atoms with Gasteiger partial charge in [-0.15, -0.1) is 0 Å². The zero-order valence-electron chi connectivity index (χ0n) is 9.52. The van der Waals surface area contributed by atoms with Gasteiger partial charge < -0.3 is 15.2 Å². The van der Waals surface area contributed by atoms with E-state index in [9.17, 15) is 0 Å². The second-order valence-corrected chi connectivity index (χ2v) is 4.19. The van der Waals surface area contributed by atoms with E-state index in [1.165, 1.54) is 25.7 Å². The van der Waals surface area contributed by atoms with Crippen molar-refractivity contribution in [2.45, 2.75) is 31.8 Å². The van der Waals surface area contributed by atoms with E-state index in [4.69, 9.17) is 15.2 Å². The second kappa shape index (κ2) is 5.75. The lowest BCUT2D eigenvalue weighted by molar-refractivity contribution is 0.0382. The molecule has 1 aliphatic carbocycles. The summed E-state index contributed by atoms with van der Waals surface area (Å²) < 4.78 is 11.2. The first kappa shape index (κ1) is 11.3. The topological polar surface area (TPSA) is 44.5 Å². The molecule has 0 heterocycles. The number of ether oxygens (including phenoxy) is 2. The quantitative estimate of drug-likeness (QED) is 0.614. The van der Waals surface area contributed by atoms with Crippen LogP contribution in [0.4, 0.5) is 5.69 Å². The maximum atomic E-state index is 5.70. The van der Waals surface area contributed by atoms with E-state index < -0.39 is 0 Å². The van der Waals surface area contributed by atoms with Crippen LogP contribution in [-0.2, 0) is 4.74 Å². The van der Waals surface area contributed by atoms with Gasteiger partial charge in [-0.3, -0.25) is 0 Å². The van der Waals surface area contributed by atoms with Crippen molar-refractivity contribution in [3.05, 3.63) is 24.3 Å². The Bertz CT molecular complexity index is 304. The fourth-order valence-corrected chi connectivity index (χ4v) is 1.99. The molecule has 2 rings (SSSR count). The molecule has 0 bridgehead atoms. The van der Waals surface area contributed by atoms with Crippen molar-refractivity contribution < 1.29 is 9.47 Å². The highest BCUT2D eigenvalue weighted by Gasteiger charge is 2.14. The molecule has 88 valence electrons. The van der Waals surface area contributed by atoms with E-state index >= 15 is 0 Å². The molecule has 0 aromatic heterocycles. The first-order chi connectivity index (χ1) is 7.84. The van der Waals surface area contributed by atoms with Crippen LogP contribution in [0.25, 0.3) is 0 Å². The summed E-state index contributed by atoms with van der Waals surface area (Å²) in [4.78, 5) is 0. The predicted molar refractivity (Wildman–Crippen MR) is 64.6 cm³/mol. The van der Waals surface area contributed by atoms with Crippen LogP contribution in [-0.4, -0.2) is 19.3 Å². The van der Waals surface area contributed by atoms with Gasteiger partial charge >= 0.3 is 0 Å². The number of anilines is 1. The minimum Gasteiger partial charge on any atom is -0.491 e. The molecule has 0 atom stereocenters. The number of nitrogens with two attached hydrogens (primary N) is 1. The molecule has 0 unspecified atom stereocenters. The Morgan fingerprint density at radius 2 is 1.75 bits per heavy atom. The maximum absolute atomic E-state index is 5.70. The summed E-state index contributed by atoms with van der Waals surface area (Å²) in [6.07, 6.45) is 5.51. The highest BCUT2D eigenvalue weighted by molar-refractivity contribution is 5.41.